The number of hydrogen-bond donors (Lipinski definition) is 1. The number of anilines is 1. The Morgan fingerprint density at radius 2 is 1.57 bits per heavy atom. The predicted octanol–water partition coefficient (Wildman–Crippen LogP) is 7.94. The Morgan fingerprint density at radius 3 is 2.22 bits per heavy atom. The number of amides is 1. The Hall–Kier alpha value is -4.58. The zero-order chi connectivity index (χ0) is 32.6. The first-order valence-corrected chi connectivity index (χ1v) is 16.0. The van der Waals surface area contributed by atoms with E-state index >= 15 is 0 Å². The van der Waals surface area contributed by atoms with E-state index in [1.165, 1.54) is 6.07 Å². The van der Waals surface area contributed by atoms with Crippen LogP contribution in [-0.2, 0) is 27.7 Å². The van der Waals surface area contributed by atoms with Gasteiger partial charge in [-0.3, -0.25) is 4.79 Å². The number of aromatic nitrogens is 2. The zero-order valence-corrected chi connectivity index (χ0v) is 26.0. The Labute approximate surface area is 272 Å². The largest absolute Gasteiger partial charge is 0.416 e. The van der Waals surface area contributed by atoms with Crippen molar-refractivity contribution in [2.24, 2.45) is 0 Å². The topological polar surface area (TPSA) is 84.3 Å². The Bertz CT molecular complexity index is 2080. The van der Waals surface area contributed by atoms with Gasteiger partial charge in [-0.05, 0) is 64.7 Å². The van der Waals surface area contributed by atoms with E-state index in [0.29, 0.717) is 44.9 Å². The van der Waals surface area contributed by atoms with Gasteiger partial charge >= 0.3 is 16.4 Å². The van der Waals surface area contributed by atoms with Crippen LogP contribution in [0, 0.1) is 0 Å². The highest BCUT2D eigenvalue weighted by molar-refractivity contribution is 7.92. The number of carbonyl (C=O) groups excluding carboxylic acids is 1. The van der Waals surface area contributed by atoms with Gasteiger partial charge in [0.2, 0.25) is 0 Å². The maximum absolute atomic E-state index is 13.2. The molecule has 0 radical (unpaired) electrons. The summed E-state index contributed by atoms with van der Waals surface area (Å²) in [5, 5.41) is 0.794. The van der Waals surface area contributed by atoms with Crippen LogP contribution >= 0.6 is 23.2 Å². The monoisotopic (exact) mass is 682 g/mol. The molecule has 46 heavy (non-hydrogen) atoms. The van der Waals surface area contributed by atoms with E-state index in [-0.39, 0.29) is 6.54 Å². The standard InChI is InChI=1S/C33H23Cl2F3N4O3S/c34-28-14-11-25(17-29(28)35)30-19-41(18-22-6-12-27(13-7-22)42-20-32(43)40-46(42,44)45)31(39-30)15-8-21-4-9-23(10-5-21)24-2-1-3-26(16-24)33(36,37)38/h1-17,19H,18,20H2,(H,40,43)/b15-8+. The van der Waals surface area contributed by atoms with E-state index in [1.807, 2.05) is 45.8 Å². The number of halogens is 5. The van der Waals surface area contributed by atoms with Crippen LogP contribution in [0.2, 0.25) is 10.0 Å². The summed E-state index contributed by atoms with van der Waals surface area (Å²) in [5.41, 5.74) is 3.81. The Morgan fingerprint density at radius 1 is 0.848 bits per heavy atom. The van der Waals surface area contributed by atoms with Crippen LogP contribution in [-0.4, -0.2) is 30.4 Å². The number of imidazole rings is 1. The van der Waals surface area contributed by atoms with Gasteiger partial charge in [-0.1, -0.05) is 83.9 Å². The summed E-state index contributed by atoms with van der Waals surface area (Å²) in [7, 11) is -3.92. The van der Waals surface area contributed by atoms with Crippen molar-refractivity contribution >= 4 is 57.2 Å². The quantitative estimate of drug-likeness (QED) is 0.189. The molecule has 1 amide bonds. The molecule has 1 fully saturated rings. The highest BCUT2D eigenvalue weighted by Crippen LogP contribution is 2.33. The van der Waals surface area contributed by atoms with Crippen LogP contribution in [0.25, 0.3) is 34.5 Å². The third kappa shape index (κ3) is 6.81. The highest BCUT2D eigenvalue weighted by Gasteiger charge is 2.34. The highest BCUT2D eigenvalue weighted by atomic mass is 35.5. The lowest BCUT2D eigenvalue weighted by molar-refractivity contribution is -0.137. The summed E-state index contributed by atoms with van der Waals surface area (Å²) in [4.78, 5) is 16.4. The van der Waals surface area contributed by atoms with Gasteiger partial charge in [0.05, 0.1) is 27.0 Å². The number of carbonyl (C=O) groups is 1. The first kappa shape index (κ1) is 31.4. The second-order valence-electron chi connectivity index (χ2n) is 10.5. The molecule has 2 heterocycles. The van der Waals surface area contributed by atoms with Gasteiger partial charge in [0.25, 0.3) is 5.91 Å². The Kier molecular flexibility index (Phi) is 8.41. The molecule has 4 aromatic carbocycles. The van der Waals surface area contributed by atoms with Crippen LogP contribution < -0.4 is 9.03 Å². The molecule has 1 N–H and O–H groups in total. The summed E-state index contributed by atoms with van der Waals surface area (Å²) < 4.78 is 68.9. The van der Waals surface area contributed by atoms with Crippen molar-refractivity contribution in [3.8, 4) is 22.4 Å². The summed E-state index contributed by atoms with van der Waals surface area (Å²) in [6.45, 7) is 0.0960. The minimum atomic E-state index is -4.43. The van der Waals surface area contributed by atoms with Crippen molar-refractivity contribution in [2.45, 2.75) is 12.7 Å². The molecule has 0 saturated carbocycles. The number of benzene rings is 4. The van der Waals surface area contributed by atoms with E-state index in [1.54, 1.807) is 54.6 Å². The lowest BCUT2D eigenvalue weighted by Gasteiger charge is -2.15. The lowest BCUT2D eigenvalue weighted by Crippen LogP contribution is -2.29. The smallest absolute Gasteiger partial charge is 0.326 e. The molecule has 13 heteroatoms. The molecule has 1 aliphatic heterocycles. The fourth-order valence-electron chi connectivity index (χ4n) is 4.96. The maximum Gasteiger partial charge on any atom is 0.416 e. The van der Waals surface area contributed by atoms with Crippen LogP contribution in [0.4, 0.5) is 18.9 Å². The van der Waals surface area contributed by atoms with Crippen LogP contribution in [0.3, 0.4) is 0 Å². The first-order chi connectivity index (χ1) is 21.9. The lowest BCUT2D eigenvalue weighted by atomic mass is 10.0. The van der Waals surface area contributed by atoms with Crippen LogP contribution in [0.5, 0.6) is 0 Å². The molecule has 7 nitrogen and oxygen atoms in total. The SMILES string of the molecule is O=C1CN(c2ccc(Cn3cc(-c4ccc(Cl)c(Cl)c4)nc3/C=C/c3ccc(-c4cccc(C(F)(F)F)c4)cc3)cc2)S(=O)(=O)N1. The van der Waals surface area contributed by atoms with E-state index in [2.05, 4.69) is 0 Å². The first-order valence-electron chi connectivity index (χ1n) is 13.8. The summed E-state index contributed by atoms with van der Waals surface area (Å²) in [6.07, 6.45) is 1.10. The van der Waals surface area contributed by atoms with Crippen molar-refractivity contribution in [3.05, 3.63) is 130 Å². The number of nitrogens with one attached hydrogen (secondary N) is 1. The van der Waals surface area contributed by atoms with Crippen molar-refractivity contribution in [2.75, 3.05) is 10.8 Å². The molecule has 1 aliphatic rings. The molecule has 0 spiro atoms. The van der Waals surface area contributed by atoms with Gasteiger partial charge in [0, 0.05) is 18.3 Å². The van der Waals surface area contributed by atoms with Gasteiger partial charge in [0.15, 0.2) is 0 Å². The van der Waals surface area contributed by atoms with E-state index in [9.17, 15) is 26.4 Å². The molecule has 0 aliphatic carbocycles. The molecular weight excluding hydrogens is 660 g/mol. The van der Waals surface area contributed by atoms with Gasteiger partial charge in [-0.15, -0.1) is 0 Å². The average molecular weight is 684 g/mol. The number of rotatable bonds is 7. The molecule has 234 valence electrons. The molecule has 0 bridgehead atoms. The Balaban J connectivity index is 1.28. The summed E-state index contributed by atoms with van der Waals surface area (Å²) in [6, 6.07) is 24.3. The molecule has 1 aromatic heterocycles. The molecule has 1 saturated heterocycles. The second-order valence-corrected chi connectivity index (χ2v) is 12.9. The zero-order valence-electron chi connectivity index (χ0n) is 23.7. The number of nitrogens with zero attached hydrogens (tertiary/aromatic N) is 3. The minimum Gasteiger partial charge on any atom is -0.326 e. The number of hydrogen-bond acceptors (Lipinski definition) is 4. The number of alkyl halides is 3. The van der Waals surface area contributed by atoms with Gasteiger partial charge in [0.1, 0.15) is 12.4 Å². The third-order valence-corrected chi connectivity index (χ3v) is 9.42. The van der Waals surface area contributed by atoms with Crippen LogP contribution in [0.1, 0.15) is 22.5 Å². The molecule has 5 aromatic rings. The van der Waals surface area contributed by atoms with E-state index in [4.69, 9.17) is 28.2 Å². The fraction of sp³-hybridized carbons (Fsp3) is 0.0909. The van der Waals surface area contributed by atoms with Crippen molar-refractivity contribution in [3.63, 3.8) is 0 Å². The van der Waals surface area contributed by atoms with Gasteiger partial charge in [-0.25, -0.2) is 14.0 Å². The van der Waals surface area contributed by atoms with Crippen molar-refractivity contribution in [1.82, 2.24) is 14.3 Å². The third-order valence-electron chi connectivity index (χ3n) is 7.28. The second kappa shape index (κ2) is 12.3. The molecule has 0 unspecified atom stereocenters. The van der Waals surface area contributed by atoms with E-state index < -0.39 is 27.9 Å². The normalized spacial score (nSPS) is 14.6. The van der Waals surface area contributed by atoms with Gasteiger partial charge in [-0.2, -0.15) is 21.6 Å². The molecular formula is C33H23Cl2F3N4O3S. The van der Waals surface area contributed by atoms with Crippen LogP contribution in [0.15, 0.2) is 97.2 Å². The maximum atomic E-state index is 13.2. The average Bonchev–Trinajstić information content (AvgIpc) is 3.55. The predicted molar refractivity (Wildman–Crippen MR) is 173 cm³/mol. The van der Waals surface area contributed by atoms with Crippen molar-refractivity contribution in [1.29, 1.82) is 0 Å². The van der Waals surface area contributed by atoms with Gasteiger partial charge < -0.3 is 4.57 Å². The summed E-state index contributed by atoms with van der Waals surface area (Å²) in [5.74, 6) is 0.00284. The molecule has 6 rings (SSSR count). The van der Waals surface area contributed by atoms with E-state index in [0.717, 1.165) is 33.1 Å². The molecule has 0 atom stereocenters. The van der Waals surface area contributed by atoms with Crippen molar-refractivity contribution < 1.29 is 26.4 Å². The minimum absolute atomic E-state index is 0.286. The fourth-order valence-corrected chi connectivity index (χ4v) is 6.40. The summed E-state index contributed by atoms with van der Waals surface area (Å²) >= 11 is 12.4.